The number of amides is 1. The van der Waals surface area contributed by atoms with Gasteiger partial charge in [0.25, 0.3) is 10.0 Å². The number of carbonyl (C=O) groups is 2. The Balaban J connectivity index is 1.69. The van der Waals surface area contributed by atoms with Crippen LogP contribution in [0.3, 0.4) is 0 Å². The van der Waals surface area contributed by atoms with Crippen molar-refractivity contribution < 1.29 is 18.0 Å². The molecule has 0 unspecified atom stereocenters. The lowest BCUT2D eigenvalue weighted by Gasteiger charge is -2.14. The highest BCUT2D eigenvalue weighted by atomic mass is 32.2. The van der Waals surface area contributed by atoms with Crippen molar-refractivity contribution in [3.63, 3.8) is 0 Å². The molecular weight excluding hydrogens is 436 g/mol. The number of benzene rings is 3. The molecule has 3 aromatic carbocycles. The molecule has 0 saturated carbocycles. The van der Waals surface area contributed by atoms with Crippen LogP contribution in [0.25, 0.3) is 0 Å². The van der Waals surface area contributed by atoms with Crippen LogP contribution in [0.1, 0.15) is 45.5 Å². The van der Waals surface area contributed by atoms with Gasteiger partial charge in [-0.05, 0) is 57.0 Å². The van der Waals surface area contributed by atoms with Gasteiger partial charge in [0.05, 0.1) is 10.6 Å². The molecule has 0 atom stereocenters. The third kappa shape index (κ3) is 6.29. The number of hydrogen-bond donors (Lipinski definition) is 2. The molecule has 0 spiro atoms. The molecule has 0 bridgehead atoms. The van der Waals surface area contributed by atoms with Crippen molar-refractivity contribution in [3.8, 4) is 0 Å². The molecule has 1 amide bonds. The van der Waals surface area contributed by atoms with E-state index in [9.17, 15) is 18.0 Å². The first-order chi connectivity index (χ1) is 15.5. The minimum atomic E-state index is -3.84. The first-order valence-corrected chi connectivity index (χ1v) is 12.1. The first-order valence-electron chi connectivity index (χ1n) is 10.7. The molecule has 0 aliphatic carbocycles. The molecule has 172 valence electrons. The van der Waals surface area contributed by atoms with E-state index in [0.717, 1.165) is 22.3 Å². The Morgan fingerprint density at radius 1 is 0.727 bits per heavy atom. The Bertz CT molecular complexity index is 1300. The molecule has 0 fully saturated rings. The Labute approximate surface area is 195 Å². The van der Waals surface area contributed by atoms with E-state index in [0.29, 0.717) is 16.9 Å². The summed E-state index contributed by atoms with van der Waals surface area (Å²) >= 11 is 0. The summed E-state index contributed by atoms with van der Waals surface area (Å²) in [7, 11) is -3.84. The van der Waals surface area contributed by atoms with Crippen molar-refractivity contribution in [1.82, 2.24) is 0 Å². The predicted molar refractivity (Wildman–Crippen MR) is 131 cm³/mol. The largest absolute Gasteiger partial charge is 0.326 e. The summed E-state index contributed by atoms with van der Waals surface area (Å²) in [5.41, 5.74) is 5.09. The van der Waals surface area contributed by atoms with Crippen LogP contribution in [0.4, 0.5) is 11.4 Å². The molecule has 3 rings (SSSR count). The van der Waals surface area contributed by atoms with E-state index in [1.54, 1.807) is 31.2 Å². The van der Waals surface area contributed by atoms with Crippen molar-refractivity contribution >= 4 is 33.1 Å². The number of rotatable bonds is 8. The molecule has 0 heterocycles. The van der Waals surface area contributed by atoms with Gasteiger partial charge in [-0.3, -0.25) is 14.3 Å². The second-order valence-electron chi connectivity index (χ2n) is 8.24. The lowest BCUT2D eigenvalue weighted by atomic mass is 10.0. The van der Waals surface area contributed by atoms with Gasteiger partial charge in [0.1, 0.15) is 0 Å². The topological polar surface area (TPSA) is 92.3 Å². The smallest absolute Gasteiger partial charge is 0.261 e. The van der Waals surface area contributed by atoms with Crippen LogP contribution >= 0.6 is 0 Å². The molecule has 3 aromatic rings. The summed E-state index contributed by atoms with van der Waals surface area (Å²) in [6.45, 7) is 7.49. The number of sulfonamides is 1. The lowest BCUT2D eigenvalue weighted by molar-refractivity contribution is -0.116. The van der Waals surface area contributed by atoms with Crippen molar-refractivity contribution in [2.45, 2.75) is 45.4 Å². The Morgan fingerprint density at radius 2 is 1.39 bits per heavy atom. The normalized spacial score (nSPS) is 11.2. The third-order valence-corrected chi connectivity index (χ3v) is 6.74. The molecule has 0 radical (unpaired) electrons. The van der Waals surface area contributed by atoms with Gasteiger partial charge in [-0.15, -0.1) is 0 Å². The SMILES string of the molecule is Cc1ccc(C(=O)CCC(=O)Nc2cc(S(=O)(=O)Nc3ccc(C)cc3C)ccc2C)cc1. The molecule has 0 aromatic heterocycles. The Morgan fingerprint density at radius 3 is 2.06 bits per heavy atom. The highest BCUT2D eigenvalue weighted by Gasteiger charge is 2.18. The molecular formula is C26H28N2O4S. The van der Waals surface area contributed by atoms with Gasteiger partial charge < -0.3 is 5.32 Å². The maximum Gasteiger partial charge on any atom is 0.261 e. The van der Waals surface area contributed by atoms with E-state index in [-0.39, 0.29) is 29.4 Å². The average molecular weight is 465 g/mol. The maximum atomic E-state index is 12.9. The zero-order chi connectivity index (χ0) is 24.2. The zero-order valence-electron chi connectivity index (χ0n) is 19.2. The first kappa shape index (κ1) is 24.2. The summed E-state index contributed by atoms with van der Waals surface area (Å²) in [4.78, 5) is 24.8. The lowest BCUT2D eigenvalue weighted by Crippen LogP contribution is -2.17. The number of ketones is 1. The average Bonchev–Trinajstić information content (AvgIpc) is 2.76. The van der Waals surface area contributed by atoms with Crippen LogP contribution in [-0.2, 0) is 14.8 Å². The molecule has 2 N–H and O–H groups in total. The standard InChI is InChI=1S/C26H28N2O4S/c1-17-5-9-21(10-6-17)25(29)13-14-26(30)27-24-16-22(11-8-19(24)3)33(31,32)28-23-12-7-18(2)15-20(23)4/h5-12,15-16,28H,13-14H2,1-4H3,(H,27,30). The van der Waals surface area contributed by atoms with Gasteiger partial charge in [0, 0.05) is 24.1 Å². The van der Waals surface area contributed by atoms with Gasteiger partial charge >= 0.3 is 0 Å². The predicted octanol–water partition coefficient (Wildman–Crippen LogP) is 5.32. The number of Topliss-reactive ketones (excluding diaryl/α,β-unsaturated/α-hetero) is 1. The van der Waals surface area contributed by atoms with E-state index in [1.165, 1.54) is 12.1 Å². The highest BCUT2D eigenvalue weighted by Crippen LogP contribution is 2.24. The molecule has 0 aliphatic heterocycles. The molecule has 7 heteroatoms. The van der Waals surface area contributed by atoms with Crippen molar-refractivity contribution in [3.05, 3.63) is 88.5 Å². The van der Waals surface area contributed by atoms with Crippen molar-refractivity contribution in [2.24, 2.45) is 0 Å². The fraction of sp³-hybridized carbons (Fsp3) is 0.231. The van der Waals surface area contributed by atoms with Crippen LogP contribution < -0.4 is 10.0 Å². The monoisotopic (exact) mass is 464 g/mol. The van der Waals surface area contributed by atoms with E-state index in [1.807, 2.05) is 45.0 Å². The summed E-state index contributed by atoms with van der Waals surface area (Å²) < 4.78 is 28.4. The Hall–Kier alpha value is -3.45. The minimum Gasteiger partial charge on any atom is -0.326 e. The van der Waals surface area contributed by atoms with Gasteiger partial charge in [-0.2, -0.15) is 0 Å². The van der Waals surface area contributed by atoms with Crippen molar-refractivity contribution in [2.75, 3.05) is 10.0 Å². The molecule has 6 nitrogen and oxygen atoms in total. The van der Waals surface area contributed by atoms with Crippen LogP contribution in [0.2, 0.25) is 0 Å². The summed E-state index contributed by atoms with van der Waals surface area (Å²) in [6.07, 6.45) is 0.0735. The fourth-order valence-corrected chi connectivity index (χ4v) is 4.51. The van der Waals surface area contributed by atoms with Crippen LogP contribution in [0.5, 0.6) is 0 Å². The minimum absolute atomic E-state index is 0.00391. The summed E-state index contributed by atoms with van der Waals surface area (Å²) in [5.74, 6) is -0.466. The molecule has 0 aliphatic rings. The third-order valence-electron chi connectivity index (χ3n) is 5.37. The number of nitrogens with one attached hydrogen (secondary N) is 2. The van der Waals surface area contributed by atoms with E-state index < -0.39 is 10.0 Å². The summed E-state index contributed by atoms with van der Waals surface area (Å²) in [5, 5.41) is 2.74. The fourth-order valence-electron chi connectivity index (χ4n) is 3.36. The maximum absolute atomic E-state index is 12.9. The van der Waals surface area contributed by atoms with Crippen LogP contribution in [0.15, 0.2) is 65.6 Å². The van der Waals surface area contributed by atoms with Gasteiger partial charge in [-0.1, -0.05) is 53.6 Å². The summed E-state index contributed by atoms with van der Waals surface area (Å²) in [6, 6.07) is 17.2. The number of aryl methyl sites for hydroxylation is 4. The zero-order valence-corrected chi connectivity index (χ0v) is 20.0. The van der Waals surface area contributed by atoms with Gasteiger partial charge in [-0.25, -0.2) is 8.42 Å². The van der Waals surface area contributed by atoms with Crippen molar-refractivity contribution in [1.29, 1.82) is 0 Å². The number of carbonyl (C=O) groups excluding carboxylic acids is 2. The molecule has 0 saturated heterocycles. The molecule has 33 heavy (non-hydrogen) atoms. The number of anilines is 2. The second-order valence-corrected chi connectivity index (χ2v) is 9.92. The van der Waals surface area contributed by atoms with E-state index >= 15 is 0 Å². The highest BCUT2D eigenvalue weighted by molar-refractivity contribution is 7.92. The van der Waals surface area contributed by atoms with Gasteiger partial charge in [0.15, 0.2) is 5.78 Å². The van der Waals surface area contributed by atoms with Crippen LogP contribution in [-0.4, -0.2) is 20.1 Å². The van der Waals surface area contributed by atoms with Gasteiger partial charge in [0.2, 0.25) is 5.91 Å². The van der Waals surface area contributed by atoms with E-state index in [2.05, 4.69) is 10.0 Å². The van der Waals surface area contributed by atoms with E-state index in [4.69, 9.17) is 0 Å². The second kappa shape index (κ2) is 10.0. The quantitative estimate of drug-likeness (QED) is 0.441. The van der Waals surface area contributed by atoms with Crippen LogP contribution in [0, 0.1) is 27.7 Å². The number of hydrogen-bond acceptors (Lipinski definition) is 4. The Kier molecular flexibility index (Phi) is 7.33.